The first kappa shape index (κ1) is 13.2. The number of urea groups is 1. The number of carbonyl (C=O) groups excluding carboxylic acids is 1. The van der Waals surface area contributed by atoms with Gasteiger partial charge in [-0.15, -0.1) is 0 Å². The summed E-state index contributed by atoms with van der Waals surface area (Å²) in [4.78, 5) is 22.4. The van der Waals surface area contributed by atoms with Gasteiger partial charge in [-0.2, -0.15) is 11.8 Å². The van der Waals surface area contributed by atoms with Gasteiger partial charge in [-0.25, -0.2) is 9.59 Å². The summed E-state index contributed by atoms with van der Waals surface area (Å²) in [7, 11) is 0. The zero-order chi connectivity index (χ0) is 12.1. The van der Waals surface area contributed by atoms with Crippen molar-refractivity contribution in [2.24, 2.45) is 5.92 Å². The third-order valence-corrected chi connectivity index (χ3v) is 3.65. The normalized spacial score (nSPS) is 21.8. The van der Waals surface area contributed by atoms with Gasteiger partial charge in [0.2, 0.25) is 0 Å². The molecule has 0 aromatic heterocycles. The summed E-state index contributed by atoms with van der Waals surface area (Å²) in [6.07, 6.45) is 0.956. The number of rotatable bonds is 4. The molecule has 0 spiro atoms. The Labute approximate surface area is 99.4 Å². The Bertz CT molecular complexity index is 265. The van der Waals surface area contributed by atoms with Crippen LogP contribution in [0.4, 0.5) is 4.79 Å². The Morgan fingerprint density at radius 3 is 2.56 bits per heavy atom. The van der Waals surface area contributed by atoms with Gasteiger partial charge >= 0.3 is 12.0 Å². The lowest BCUT2D eigenvalue weighted by Gasteiger charge is -2.19. The Balaban J connectivity index is 2.38. The minimum atomic E-state index is -0.994. The Hall–Kier alpha value is -0.910. The smallest absolute Gasteiger partial charge is 0.326 e. The van der Waals surface area contributed by atoms with Crippen LogP contribution in [0.3, 0.4) is 0 Å². The predicted molar refractivity (Wildman–Crippen MR) is 63.7 cm³/mol. The van der Waals surface area contributed by atoms with Crippen LogP contribution in [0.5, 0.6) is 0 Å². The molecule has 0 aromatic rings. The van der Waals surface area contributed by atoms with Crippen molar-refractivity contribution in [3.8, 4) is 0 Å². The van der Waals surface area contributed by atoms with E-state index in [9.17, 15) is 9.59 Å². The van der Waals surface area contributed by atoms with Gasteiger partial charge in [0.1, 0.15) is 6.04 Å². The molecular weight excluding hydrogens is 228 g/mol. The van der Waals surface area contributed by atoms with E-state index in [1.165, 1.54) is 0 Å². The van der Waals surface area contributed by atoms with E-state index in [0.29, 0.717) is 0 Å². The third kappa shape index (κ3) is 3.92. The van der Waals surface area contributed by atoms with Crippen molar-refractivity contribution in [2.75, 3.05) is 11.5 Å². The number of carboxylic acids is 1. The van der Waals surface area contributed by atoms with Crippen LogP contribution in [0.25, 0.3) is 0 Å². The second-order valence-electron chi connectivity index (χ2n) is 4.24. The lowest BCUT2D eigenvalue weighted by atomic mass is 10.1. The molecule has 0 aromatic carbocycles. The average Bonchev–Trinajstić information content (AvgIpc) is 2.65. The van der Waals surface area contributed by atoms with Crippen molar-refractivity contribution in [1.82, 2.24) is 10.6 Å². The molecule has 0 saturated carbocycles. The maximum absolute atomic E-state index is 11.5. The molecule has 3 N–H and O–H groups in total. The molecule has 16 heavy (non-hydrogen) atoms. The SMILES string of the molecule is CC(C)[C@@H](NC(=O)NC1CCSC1)C(=O)O. The van der Waals surface area contributed by atoms with E-state index in [2.05, 4.69) is 10.6 Å². The van der Waals surface area contributed by atoms with Crippen LogP contribution in [-0.2, 0) is 4.79 Å². The largest absolute Gasteiger partial charge is 0.480 e. The standard InChI is InChI=1S/C10H18N2O3S/c1-6(2)8(9(13)14)12-10(15)11-7-3-4-16-5-7/h6-8H,3-5H2,1-2H3,(H,13,14)(H2,11,12,15)/t7?,8-/m1/s1. The van der Waals surface area contributed by atoms with Crippen LogP contribution in [0.2, 0.25) is 0 Å². The molecule has 92 valence electrons. The summed E-state index contributed by atoms with van der Waals surface area (Å²) in [5.74, 6) is 0.844. The lowest BCUT2D eigenvalue weighted by Crippen LogP contribution is -2.51. The first-order chi connectivity index (χ1) is 7.50. The van der Waals surface area contributed by atoms with Crippen molar-refractivity contribution in [2.45, 2.75) is 32.4 Å². The number of amides is 2. The number of nitrogens with one attached hydrogen (secondary N) is 2. The van der Waals surface area contributed by atoms with Gasteiger partial charge in [-0.1, -0.05) is 13.8 Å². The van der Waals surface area contributed by atoms with E-state index >= 15 is 0 Å². The first-order valence-electron chi connectivity index (χ1n) is 5.38. The van der Waals surface area contributed by atoms with Crippen LogP contribution in [0, 0.1) is 5.92 Å². The highest BCUT2D eigenvalue weighted by molar-refractivity contribution is 7.99. The fraction of sp³-hybridized carbons (Fsp3) is 0.800. The molecule has 2 atom stereocenters. The minimum absolute atomic E-state index is 0.124. The monoisotopic (exact) mass is 246 g/mol. The number of carboxylic acid groups (broad SMARTS) is 1. The number of carbonyl (C=O) groups is 2. The average molecular weight is 246 g/mol. The number of hydrogen-bond acceptors (Lipinski definition) is 3. The molecule has 5 nitrogen and oxygen atoms in total. The van der Waals surface area contributed by atoms with Crippen molar-refractivity contribution in [1.29, 1.82) is 0 Å². The van der Waals surface area contributed by atoms with E-state index in [1.807, 2.05) is 0 Å². The second-order valence-corrected chi connectivity index (χ2v) is 5.39. The van der Waals surface area contributed by atoms with Gasteiger partial charge in [-0.05, 0) is 18.1 Å². The molecule has 1 saturated heterocycles. The summed E-state index contributed by atoms with van der Waals surface area (Å²) >= 11 is 1.80. The number of hydrogen-bond donors (Lipinski definition) is 3. The van der Waals surface area contributed by atoms with Gasteiger partial charge in [0.15, 0.2) is 0 Å². The third-order valence-electron chi connectivity index (χ3n) is 2.48. The summed E-state index contributed by atoms with van der Waals surface area (Å²) in [6.45, 7) is 3.54. The fourth-order valence-electron chi connectivity index (χ4n) is 1.53. The maximum Gasteiger partial charge on any atom is 0.326 e. The molecular formula is C10H18N2O3S. The highest BCUT2D eigenvalue weighted by Gasteiger charge is 2.25. The van der Waals surface area contributed by atoms with Crippen molar-refractivity contribution < 1.29 is 14.7 Å². The van der Waals surface area contributed by atoms with Crippen LogP contribution in [0.15, 0.2) is 0 Å². The number of thioether (sulfide) groups is 1. The highest BCUT2D eigenvalue weighted by Crippen LogP contribution is 2.16. The van der Waals surface area contributed by atoms with E-state index < -0.39 is 12.0 Å². The van der Waals surface area contributed by atoms with Crippen LogP contribution < -0.4 is 10.6 Å². The summed E-state index contributed by atoms with van der Waals surface area (Å²) in [5, 5.41) is 14.2. The Kier molecular flexibility index (Phi) is 4.92. The van der Waals surface area contributed by atoms with E-state index in [-0.39, 0.29) is 18.0 Å². The molecule has 0 bridgehead atoms. The molecule has 0 radical (unpaired) electrons. The van der Waals surface area contributed by atoms with Gasteiger partial charge in [0, 0.05) is 11.8 Å². The lowest BCUT2D eigenvalue weighted by molar-refractivity contribution is -0.140. The van der Waals surface area contributed by atoms with Gasteiger partial charge in [0.05, 0.1) is 0 Å². The fourth-order valence-corrected chi connectivity index (χ4v) is 2.68. The maximum atomic E-state index is 11.5. The summed E-state index contributed by atoms with van der Waals surface area (Å²) < 4.78 is 0. The topological polar surface area (TPSA) is 78.4 Å². The summed E-state index contributed by atoms with van der Waals surface area (Å²) in [5.41, 5.74) is 0. The minimum Gasteiger partial charge on any atom is -0.480 e. The summed E-state index contributed by atoms with van der Waals surface area (Å²) in [6, 6.07) is -1.03. The molecule has 0 aliphatic carbocycles. The van der Waals surface area contributed by atoms with Crippen molar-refractivity contribution >= 4 is 23.8 Å². The second kappa shape index (κ2) is 5.98. The Morgan fingerprint density at radius 2 is 2.12 bits per heavy atom. The van der Waals surface area contributed by atoms with E-state index in [0.717, 1.165) is 17.9 Å². The molecule has 1 rings (SSSR count). The predicted octanol–water partition coefficient (Wildman–Crippen LogP) is 0.900. The molecule has 1 unspecified atom stereocenters. The molecule has 6 heteroatoms. The van der Waals surface area contributed by atoms with Crippen LogP contribution in [-0.4, -0.2) is 40.7 Å². The van der Waals surface area contributed by atoms with Crippen molar-refractivity contribution in [3.05, 3.63) is 0 Å². The molecule has 1 aliphatic heterocycles. The quantitative estimate of drug-likeness (QED) is 0.688. The zero-order valence-corrected chi connectivity index (χ0v) is 10.3. The molecule has 1 heterocycles. The van der Waals surface area contributed by atoms with Crippen LogP contribution >= 0.6 is 11.8 Å². The highest BCUT2D eigenvalue weighted by atomic mass is 32.2. The van der Waals surface area contributed by atoms with Gasteiger partial charge in [-0.3, -0.25) is 0 Å². The number of aliphatic carboxylic acids is 1. The van der Waals surface area contributed by atoms with Gasteiger partial charge < -0.3 is 15.7 Å². The van der Waals surface area contributed by atoms with Crippen LogP contribution in [0.1, 0.15) is 20.3 Å². The van der Waals surface area contributed by atoms with E-state index in [4.69, 9.17) is 5.11 Å². The molecule has 1 aliphatic rings. The van der Waals surface area contributed by atoms with E-state index in [1.54, 1.807) is 25.6 Å². The molecule has 2 amide bonds. The van der Waals surface area contributed by atoms with Gasteiger partial charge in [0.25, 0.3) is 0 Å². The first-order valence-corrected chi connectivity index (χ1v) is 6.53. The Morgan fingerprint density at radius 1 is 1.44 bits per heavy atom. The molecule has 1 fully saturated rings. The zero-order valence-electron chi connectivity index (χ0n) is 9.53. The van der Waals surface area contributed by atoms with Crippen molar-refractivity contribution in [3.63, 3.8) is 0 Å².